The molecular formula is C98H149ClN4O22. The van der Waals surface area contributed by atoms with E-state index in [1.807, 2.05) is 64.1 Å². The monoisotopic (exact) mass is 1770 g/mol. The van der Waals surface area contributed by atoms with Crippen molar-refractivity contribution < 1.29 is 105 Å². The minimum Gasteiger partial charge on any atom is -0.462 e. The van der Waals surface area contributed by atoms with E-state index in [9.17, 15) is 24.0 Å². The molecule has 8 aliphatic heterocycles. The molecule has 12 fully saturated rings. The normalized spacial score (nSPS) is 42.7. The molecule has 1 amide bonds. The number of ether oxygens (including phenoxy) is 16. The Hall–Kier alpha value is -5.05. The van der Waals surface area contributed by atoms with Gasteiger partial charge in [0.25, 0.3) is 11.1 Å². The number of esters is 2. The van der Waals surface area contributed by atoms with Crippen molar-refractivity contribution in [2.24, 2.45) is 71.0 Å². The number of ketones is 2. The van der Waals surface area contributed by atoms with Crippen LogP contribution in [0.3, 0.4) is 0 Å². The summed E-state index contributed by atoms with van der Waals surface area (Å²) in [6.07, 6.45) is 11.4. The number of halogens is 1. The summed E-state index contributed by atoms with van der Waals surface area (Å²) in [4.78, 5) is 88.9. The van der Waals surface area contributed by atoms with Crippen LogP contribution in [-0.4, -0.2) is 279 Å². The molecule has 2 aromatic carbocycles. The van der Waals surface area contributed by atoms with Crippen molar-refractivity contribution in [3.05, 3.63) is 95.1 Å². The van der Waals surface area contributed by atoms with Crippen molar-refractivity contribution in [3.63, 3.8) is 0 Å². The fraction of sp³-hybridized carbons (Fsp3) is 0.776. The van der Waals surface area contributed by atoms with E-state index in [-0.39, 0.29) is 208 Å². The van der Waals surface area contributed by atoms with E-state index in [1.54, 1.807) is 66.9 Å². The SMILES string of the molecule is C.C.CC[C@H]1CCC[C@H](O[C@H]2CC[C@H](N(C)C)C(C)O2)[C@@H](C)C(=O)C2=C[C@H]3[C@@H]4C[C@H](O[C@@H]5OC(C)[C@H](OC)C(OC)[C@@H]5OC)C[C@H]4[C@@H]4N[C@@H]4[C@H]3[C@@H]2CC(=O)O1.CC[C@H]1CCC[C@H](O[C@H]2CC[C@H](N(C)C)C(C)O2)[C@@H](C)C(=O)C2=C[C@H]3[C@@H]4C[C@H](O[C@@H]5OC(C)[C@H](OC)C(OC)[C@@H]5OC)C[C@H]4[C@H]4[C@@H]([C@H]3[C@@H]2CC(=O)O1)N4C(=O)c1ccccc1.O=C(Cl)c1ccccc1. The largest absolute Gasteiger partial charge is 0.462 e. The zero-order valence-corrected chi connectivity index (χ0v) is 76.6. The third kappa shape index (κ3) is 21.2. The summed E-state index contributed by atoms with van der Waals surface area (Å²) in [7, 11) is 18.3. The summed E-state index contributed by atoms with van der Waals surface area (Å²) >= 11 is 5.16. The predicted octanol–water partition coefficient (Wildman–Crippen LogP) is 13.4. The molecule has 2 aromatic rings. The number of cyclic esters (lactones) is 2. The lowest BCUT2D eigenvalue weighted by atomic mass is 9.66. The second-order valence-corrected chi connectivity index (χ2v) is 38.5. The van der Waals surface area contributed by atoms with Crippen molar-refractivity contribution in [1.82, 2.24) is 20.0 Å². The molecule has 0 radical (unpaired) electrons. The zero-order chi connectivity index (χ0) is 87.7. The molecule has 16 rings (SSSR count). The Bertz CT molecular complexity index is 3960. The van der Waals surface area contributed by atoms with Gasteiger partial charge in [-0.25, -0.2) is 0 Å². The number of fused-ring (bicyclic) bond motifs is 16. The molecule has 14 aliphatic rings. The van der Waals surface area contributed by atoms with Gasteiger partial charge in [-0.05, 0) is 241 Å². The number of Topliss-reactive ketones (excluding diaryl/α,β-unsaturated/α-hetero) is 2. The van der Waals surface area contributed by atoms with E-state index in [0.29, 0.717) is 72.3 Å². The predicted molar refractivity (Wildman–Crippen MR) is 471 cm³/mol. The molecule has 700 valence electrons. The Labute approximate surface area is 748 Å². The number of nitrogens with one attached hydrogen (secondary N) is 1. The molecule has 6 unspecified atom stereocenters. The summed E-state index contributed by atoms with van der Waals surface area (Å²) in [5.74, 6) is -0.617. The minimum atomic E-state index is -0.684. The molecule has 1 N–H and O–H groups in total. The molecule has 0 bridgehead atoms. The molecule has 0 spiro atoms. The summed E-state index contributed by atoms with van der Waals surface area (Å²) in [5.41, 5.74) is 2.66. The fourth-order valence-corrected chi connectivity index (χ4v) is 24.8. The highest BCUT2D eigenvalue weighted by Gasteiger charge is 2.71. The number of likely N-dealkylation sites (tertiary alicyclic amines) is 1. The van der Waals surface area contributed by atoms with Gasteiger partial charge in [0.2, 0.25) is 0 Å². The molecule has 38 atom stereocenters. The molecule has 8 saturated heterocycles. The van der Waals surface area contributed by atoms with Gasteiger partial charge in [0.1, 0.15) is 48.8 Å². The number of methoxy groups -OCH3 is 6. The molecule has 8 heterocycles. The molecule has 125 heavy (non-hydrogen) atoms. The Balaban J connectivity index is 0.000000205. The molecular weight excluding hydrogens is 1620 g/mol. The lowest BCUT2D eigenvalue weighted by molar-refractivity contribution is -0.314. The second-order valence-electron chi connectivity index (χ2n) is 38.1. The minimum absolute atomic E-state index is 0. The first-order valence-electron chi connectivity index (χ1n) is 46.2. The Morgan fingerprint density at radius 2 is 0.872 bits per heavy atom. The first kappa shape index (κ1) is 99.0. The maximum absolute atomic E-state index is 15.2. The van der Waals surface area contributed by atoms with Crippen LogP contribution in [0.4, 0.5) is 0 Å². The Morgan fingerprint density at radius 3 is 1.28 bits per heavy atom. The number of carbonyl (C=O) groups is 6. The van der Waals surface area contributed by atoms with Crippen molar-refractivity contribution in [1.29, 1.82) is 0 Å². The Morgan fingerprint density at radius 1 is 0.464 bits per heavy atom. The average molecular weight is 1770 g/mol. The number of likely N-dealkylation sites (N-methyl/N-ethyl adjacent to an activating group) is 2. The van der Waals surface area contributed by atoms with Gasteiger partial charge in [-0.1, -0.05) is 103 Å². The van der Waals surface area contributed by atoms with Gasteiger partial charge >= 0.3 is 11.9 Å². The molecule has 26 nitrogen and oxygen atoms in total. The topological polar surface area (TPSA) is 282 Å². The third-order valence-corrected chi connectivity index (χ3v) is 31.1. The van der Waals surface area contributed by atoms with E-state index in [0.717, 1.165) is 82.6 Å². The van der Waals surface area contributed by atoms with Crippen LogP contribution in [0.1, 0.15) is 207 Å². The maximum atomic E-state index is 15.2. The van der Waals surface area contributed by atoms with Gasteiger partial charge in [0, 0.05) is 102 Å². The number of hydrogen-bond donors (Lipinski definition) is 1. The van der Waals surface area contributed by atoms with Crippen LogP contribution >= 0.6 is 11.6 Å². The van der Waals surface area contributed by atoms with Gasteiger partial charge in [0.05, 0.1) is 73.8 Å². The number of benzene rings is 2. The second kappa shape index (κ2) is 43.5. The van der Waals surface area contributed by atoms with Crippen LogP contribution < -0.4 is 5.32 Å². The average Bonchev–Trinajstić information content (AvgIpc) is 2.43. The van der Waals surface area contributed by atoms with Crippen LogP contribution in [-0.2, 0) is 95.0 Å². The Kier molecular flexibility index (Phi) is 34.5. The van der Waals surface area contributed by atoms with E-state index in [2.05, 4.69) is 88.1 Å². The number of nitrogens with zero attached hydrogens (tertiary/aromatic N) is 3. The highest BCUT2D eigenvalue weighted by Crippen LogP contribution is 2.65. The van der Waals surface area contributed by atoms with Crippen LogP contribution in [0.2, 0.25) is 0 Å². The van der Waals surface area contributed by atoms with Gasteiger partial charge in [-0.3, -0.25) is 28.8 Å². The number of hydrogen-bond acceptors (Lipinski definition) is 25. The first-order chi connectivity index (χ1) is 59.2. The van der Waals surface area contributed by atoms with Crippen LogP contribution in [0.25, 0.3) is 0 Å². The van der Waals surface area contributed by atoms with Gasteiger partial charge in [-0.15, -0.1) is 0 Å². The van der Waals surface area contributed by atoms with Crippen molar-refractivity contribution in [3.8, 4) is 0 Å². The standard InChI is InChI=1S/C48H70N2O11.C41H66N2O10.C7H5ClO.2CH4/c1-10-29-17-14-18-37(61-39-20-19-36(49(5)6)26(3)57-39)25(2)43(52)35-23-32-31-21-30(60-48-46(56-9)45(55-8)44(54-7)27(4)58-48)22-34(31)41-42(40(32)33(35)24-38(51)59-29)50(41)47(53)28-15-12-11-13-16-28;1-10-23-12-11-13-31(53-33-15-14-30(43(5)6)21(3)49-33)20(2)37(45)29-18-26-25-16-24(52-41-40(48-9)39(47-8)38(46-7)22(4)50-41)17-28(25)35-36(42-35)34(26)27(29)19-32(44)51-23;8-7(9)6-4-2-1-3-5-6;;/h11-13,15-16,23,25-27,29-34,36-37,39-42,44-46,48H,10,14,17-22,24H2,1-9H3;18,20-28,30-31,33-36,38-42H,10-17,19H2,1-9H3;1-5H;2*1H4/t25-,26?,27?,29+,30+,31+,32+,33-,34-,36+,37+,39+,40-,41+,42-,44+,45?,46+,48+,50?;20-,21?,22?,23+,24+,25+,26+,27-,28-,30+,31+,33+,34-,35+,36-,38+,39?,40+,41+;;;/m11.../s1. The lowest BCUT2D eigenvalue weighted by Crippen LogP contribution is -2.59. The molecule has 6 aliphatic carbocycles. The van der Waals surface area contributed by atoms with E-state index in [4.69, 9.17) is 87.4 Å². The van der Waals surface area contributed by atoms with Crippen LogP contribution in [0, 0.1) is 71.0 Å². The smallest absolute Gasteiger partial charge is 0.306 e. The number of allylic oxidation sites excluding steroid dienone is 4. The molecule has 0 aromatic heterocycles. The fourth-order valence-electron chi connectivity index (χ4n) is 24.7. The van der Waals surface area contributed by atoms with Gasteiger partial charge < -0.3 is 95.8 Å². The van der Waals surface area contributed by atoms with Crippen molar-refractivity contribution in [2.75, 3.05) is 70.8 Å². The van der Waals surface area contributed by atoms with E-state index >= 15 is 4.79 Å². The zero-order valence-electron chi connectivity index (χ0n) is 75.8. The lowest BCUT2D eigenvalue weighted by Gasteiger charge is -2.44. The highest BCUT2D eigenvalue weighted by atomic mass is 35.5. The first-order valence-corrected chi connectivity index (χ1v) is 46.6. The van der Waals surface area contributed by atoms with Gasteiger partial charge in [-0.2, -0.15) is 0 Å². The number of amides is 1. The van der Waals surface area contributed by atoms with E-state index < -0.39 is 54.3 Å². The summed E-state index contributed by atoms with van der Waals surface area (Å²) < 4.78 is 100. The summed E-state index contributed by atoms with van der Waals surface area (Å²) in [5, 5.41) is 3.42. The maximum Gasteiger partial charge on any atom is 0.306 e. The number of carbonyl (C=O) groups excluding carboxylic acids is 6. The summed E-state index contributed by atoms with van der Waals surface area (Å²) in [6.45, 7) is 16.3. The highest BCUT2D eigenvalue weighted by molar-refractivity contribution is 6.67. The van der Waals surface area contributed by atoms with Crippen molar-refractivity contribution in [2.45, 2.75) is 345 Å². The van der Waals surface area contributed by atoms with Crippen LogP contribution in [0.15, 0.2) is 84.0 Å². The number of rotatable bonds is 20. The van der Waals surface area contributed by atoms with E-state index in [1.165, 1.54) is 0 Å². The molecule has 27 heteroatoms. The van der Waals surface area contributed by atoms with Crippen LogP contribution in [0.5, 0.6) is 0 Å². The van der Waals surface area contributed by atoms with Crippen molar-refractivity contribution >= 4 is 46.3 Å². The summed E-state index contributed by atoms with van der Waals surface area (Å²) in [6, 6.07) is 19.2. The molecule has 4 saturated carbocycles. The third-order valence-electron chi connectivity index (χ3n) is 30.9. The van der Waals surface area contributed by atoms with Gasteiger partial charge in [0.15, 0.2) is 36.7 Å². The quantitative estimate of drug-likeness (QED) is 0.0732.